The van der Waals surface area contributed by atoms with Gasteiger partial charge in [0, 0.05) is 19.7 Å². The fourth-order valence-electron chi connectivity index (χ4n) is 0.963. The Kier molecular flexibility index (Phi) is 5.57. The van der Waals surface area contributed by atoms with Crippen LogP contribution in [-0.4, -0.2) is 36.3 Å². The van der Waals surface area contributed by atoms with Gasteiger partial charge in [-0.1, -0.05) is 0 Å². The monoisotopic (exact) mass is 214 g/mol. The minimum Gasteiger partial charge on any atom is -0.380 e. The Morgan fingerprint density at radius 2 is 2.07 bits per heavy atom. The average molecular weight is 214 g/mol. The second-order valence-electron chi connectivity index (χ2n) is 2.91. The molecule has 3 N–H and O–H groups in total. The van der Waals surface area contributed by atoms with Crippen molar-refractivity contribution in [1.29, 1.82) is 0 Å². The van der Waals surface area contributed by atoms with E-state index in [9.17, 15) is 4.39 Å². The van der Waals surface area contributed by atoms with Gasteiger partial charge in [0.25, 0.3) is 0 Å². The van der Waals surface area contributed by atoms with Crippen molar-refractivity contribution in [2.45, 2.75) is 6.42 Å². The van der Waals surface area contributed by atoms with Crippen LogP contribution in [0.3, 0.4) is 0 Å². The molecular formula is C9H15FN4O. The highest BCUT2D eigenvalue weighted by atomic mass is 19.1. The molecule has 5 nitrogen and oxygen atoms in total. The highest BCUT2D eigenvalue weighted by Gasteiger charge is 1.95. The van der Waals surface area contributed by atoms with Gasteiger partial charge in [0.05, 0.1) is 19.0 Å². The van der Waals surface area contributed by atoms with E-state index in [1.807, 2.05) is 0 Å². The van der Waals surface area contributed by atoms with Crippen LogP contribution in [-0.2, 0) is 4.74 Å². The van der Waals surface area contributed by atoms with E-state index in [0.29, 0.717) is 32.3 Å². The minimum atomic E-state index is -0.438. The first-order valence-electron chi connectivity index (χ1n) is 4.82. The molecular weight excluding hydrogens is 199 g/mol. The lowest BCUT2D eigenvalue weighted by atomic mass is 10.4. The average Bonchev–Trinajstić information content (AvgIpc) is 2.26. The molecule has 0 aromatic carbocycles. The SMILES string of the molecule is NCCOCCCNc1ncc(F)cn1. The number of nitrogens with one attached hydrogen (secondary N) is 1. The lowest BCUT2D eigenvalue weighted by Crippen LogP contribution is -2.12. The fraction of sp³-hybridized carbons (Fsp3) is 0.556. The summed E-state index contributed by atoms with van der Waals surface area (Å²) in [6, 6.07) is 0. The summed E-state index contributed by atoms with van der Waals surface area (Å²) in [4.78, 5) is 7.51. The van der Waals surface area contributed by atoms with Gasteiger partial charge in [0.2, 0.25) is 5.95 Å². The van der Waals surface area contributed by atoms with Gasteiger partial charge in [-0.25, -0.2) is 14.4 Å². The summed E-state index contributed by atoms with van der Waals surface area (Å²) < 4.78 is 17.6. The largest absolute Gasteiger partial charge is 0.380 e. The molecule has 15 heavy (non-hydrogen) atoms. The molecule has 0 aliphatic rings. The summed E-state index contributed by atoms with van der Waals surface area (Å²) >= 11 is 0. The van der Waals surface area contributed by atoms with Crippen molar-refractivity contribution in [3.8, 4) is 0 Å². The van der Waals surface area contributed by atoms with Crippen LogP contribution in [0.5, 0.6) is 0 Å². The molecule has 84 valence electrons. The highest BCUT2D eigenvalue weighted by Crippen LogP contribution is 1.97. The Morgan fingerprint density at radius 1 is 1.33 bits per heavy atom. The molecule has 0 amide bonds. The maximum atomic E-state index is 12.4. The van der Waals surface area contributed by atoms with Gasteiger partial charge in [-0.05, 0) is 6.42 Å². The topological polar surface area (TPSA) is 73.1 Å². The molecule has 0 radical (unpaired) electrons. The standard InChI is InChI=1S/C9H15FN4O/c10-8-6-13-9(14-7-8)12-3-1-4-15-5-2-11/h6-7H,1-5,11H2,(H,12,13,14). The van der Waals surface area contributed by atoms with E-state index in [1.165, 1.54) is 0 Å². The predicted molar refractivity (Wildman–Crippen MR) is 55.0 cm³/mol. The Morgan fingerprint density at radius 3 is 2.73 bits per heavy atom. The molecule has 0 atom stereocenters. The molecule has 0 unspecified atom stereocenters. The fourth-order valence-corrected chi connectivity index (χ4v) is 0.963. The number of halogens is 1. The number of rotatable bonds is 7. The summed E-state index contributed by atoms with van der Waals surface area (Å²) in [5.41, 5.74) is 5.25. The van der Waals surface area contributed by atoms with E-state index in [0.717, 1.165) is 18.8 Å². The molecule has 0 aliphatic heterocycles. The first-order valence-corrected chi connectivity index (χ1v) is 4.82. The molecule has 1 heterocycles. The molecule has 0 spiro atoms. The van der Waals surface area contributed by atoms with Gasteiger partial charge in [-0.3, -0.25) is 0 Å². The first-order chi connectivity index (χ1) is 7.33. The molecule has 0 fully saturated rings. The molecule has 0 saturated heterocycles. The number of hydrogen-bond donors (Lipinski definition) is 2. The predicted octanol–water partition coefficient (Wildman–Crippen LogP) is 0.393. The van der Waals surface area contributed by atoms with Gasteiger partial charge in [-0.2, -0.15) is 0 Å². The molecule has 0 saturated carbocycles. The smallest absolute Gasteiger partial charge is 0.222 e. The summed E-state index contributed by atoms with van der Waals surface area (Å²) in [7, 11) is 0. The third-order valence-electron chi connectivity index (χ3n) is 1.63. The lowest BCUT2D eigenvalue weighted by Gasteiger charge is -2.04. The Hall–Kier alpha value is -1.27. The van der Waals surface area contributed by atoms with Crippen LogP contribution in [0.2, 0.25) is 0 Å². The van der Waals surface area contributed by atoms with Crippen LogP contribution in [0.25, 0.3) is 0 Å². The normalized spacial score (nSPS) is 10.3. The van der Waals surface area contributed by atoms with Crippen molar-refractivity contribution < 1.29 is 9.13 Å². The van der Waals surface area contributed by atoms with Gasteiger partial charge in [0.15, 0.2) is 5.82 Å². The van der Waals surface area contributed by atoms with Crippen LogP contribution in [0.4, 0.5) is 10.3 Å². The van der Waals surface area contributed by atoms with Gasteiger partial charge >= 0.3 is 0 Å². The van der Waals surface area contributed by atoms with Crippen molar-refractivity contribution in [1.82, 2.24) is 9.97 Å². The van der Waals surface area contributed by atoms with Crippen molar-refractivity contribution in [3.63, 3.8) is 0 Å². The number of ether oxygens (including phenoxy) is 1. The number of aromatic nitrogens is 2. The third-order valence-corrected chi connectivity index (χ3v) is 1.63. The van der Waals surface area contributed by atoms with Crippen LogP contribution < -0.4 is 11.1 Å². The Balaban J connectivity index is 2.07. The summed E-state index contributed by atoms with van der Waals surface area (Å²) in [6.07, 6.45) is 3.08. The van der Waals surface area contributed by atoms with Gasteiger partial charge in [-0.15, -0.1) is 0 Å². The van der Waals surface area contributed by atoms with E-state index < -0.39 is 5.82 Å². The summed E-state index contributed by atoms with van der Waals surface area (Å²) in [5, 5.41) is 2.95. The highest BCUT2D eigenvalue weighted by molar-refractivity contribution is 5.21. The summed E-state index contributed by atoms with van der Waals surface area (Å²) in [6.45, 7) is 2.45. The molecule has 0 bridgehead atoms. The van der Waals surface area contributed by atoms with Crippen molar-refractivity contribution in [2.24, 2.45) is 5.73 Å². The van der Waals surface area contributed by atoms with Crippen LogP contribution in [0.15, 0.2) is 12.4 Å². The first kappa shape index (κ1) is 11.8. The second kappa shape index (κ2) is 7.08. The van der Waals surface area contributed by atoms with Crippen molar-refractivity contribution in [3.05, 3.63) is 18.2 Å². The molecule has 1 aromatic rings. The maximum absolute atomic E-state index is 12.4. The number of nitrogens with two attached hydrogens (primary N) is 1. The van der Waals surface area contributed by atoms with E-state index in [-0.39, 0.29) is 0 Å². The van der Waals surface area contributed by atoms with Crippen LogP contribution in [0.1, 0.15) is 6.42 Å². The molecule has 1 rings (SSSR count). The Labute approximate surface area is 87.9 Å². The lowest BCUT2D eigenvalue weighted by molar-refractivity contribution is 0.141. The maximum Gasteiger partial charge on any atom is 0.222 e. The van der Waals surface area contributed by atoms with Gasteiger partial charge in [0.1, 0.15) is 0 Å². The van der Waals surface area contributed by atoms with E-state index in [1.54, 1.807) is 0 Å². The van der Waals surface area contributed by atoms with Crippen molar-refractivity contribution >= 4 is 5.95 Å². The number of nitrogens with zero attached hydrogens (tertiary/aromatic N) is 2. The molecule has 6 heteroatoms. The van der Waals surface area contributed by atoms with E-state index in [4.69, 9.17) is 10.5 Å². The zero-order valence-electron chi connectivity index (χ0n) is 8.45. The quantitative estimate of drug-likeness (QED) is 0.642. The number of hydrogen-bond acceptors (Lipinski definition) is 5. The molecule has 0 aliphatic carbocycles. The number of anilines is 1. The Bertz CT molecular complexity index is 267. The summed E-state index contributed by atoms with van der Waals surface area (Å²) in [5.74, 6) is -0.0120. The second-order valence-corrected chi connectivity index (χ2v) is 2.91. The van der Waals surface area contributed by atoms with Gasteiger partial charge < -0.3 is 15.8 Å². The van der Waals surface area contributed by atoms with Crippen molar-refractivity contribution in [2.75, 3.05) is 31.6 Å². The van der Waals surface area contributed by atoms with Crippen LogP contribution >= 0.6 is 0 Å². The van der Waals surface area contributed by atoms with E-state index in [2.05, 4.69) is 15.3 Å². The minimum absolute atomic E-state index is 0.426. The zero-order valence-corrected chi connectivity index (χ0v) is 8.45. The third kappa shape index (κ3) is 5.24. The molecule has 1 aromatic heterocycles. The zero-order chi connectivity index (χ0) is 10.9. The van der Waals surface area contributed by atoms with Crippen LogP contribution in [0, 0.1) is 5.82 Å². The van der Waals surface area contributed by atoms with E-state index >= 15 is 0 Å².